The molecule has 15 heavy (non-hydrogen) atoms. The molecule has 0 bridgehead atoms. The molecule has 0 saturated carbocycles. The smallest absolute Gasteiger partial charge is 0.0947 e. The average molecular weight is 201 g/mol. The summed E-state index contributed by atoms with van der Waals surface area (Å²) < 4.78 is 5.01. The molecule has 1 N–H and O–H groups in total. The Morgan fingerprint density at radius 1 is 1.20 bits per heavy atom. The molecule has 0 aliphatic carbocycles. The maximum absolute atomic E-state index is 5.01. The Morgan fingerprint density at radius 2 is 2.00 bits per heavy atom. The second-order valence-corrected chi connectivity index (χ2v) is 3.64. The molecule has 0 radical (unpaired) electrons. The zero-order valence-corrected chi connectivity index (χ0v) is 8.81. The van der Waals surface area contributed by atoms with Crippen molar-refractivity contribution in [2.75, 3.05) is 0 Å². The van der Waals surface area contributed by atoms with Crippen LogP contribution in [0.4, 0.5) is 0 Å². The standard InChI is InChI=1S/C13H15NO/c1-11(13-5-3-2-4-6-13)14-9-12-7-8-15-10-12/h2-8,10-11,14H,9H2,1H3. The van der Waals surface area contributed by atoms with Crippen LogP contribution in [0.3, 0.4) is 0 Å². The number of hydrogen-bond acceptors (Lipinski definition) is 2. The maximum Gasteiger partial charge on any atom is 0.0947 e. The SMILES string of the molecule is CC(NCc1ccoc1)c1ccccc1. The first kappa shape index (κ1) is 9.99. The number of nitrogens with one attached hydrogen (secondary N) is 1. The minimum Gasteiger partial charge on any atom is -0.472 e. The van der Waals surface area contributed by atoms with Crippen LogP contribution in [-0.2, 0) is 6.54 Å². The lowest BCUT2D eigenvalue weighted by atomic mass is 10.1. The van der Waals surface area contributed by atoms with Crippen LogP contribution in [-0.4, -0.2) is 0 Å². The molecular formula is C13H15NO. The molecule has 0 saturated heterocycles. The Labute approximate surface area is 89.9 Å². The summed E-state index contributed by atoms with van der Waals surface area (Å²) >= 11 is 0. The molecule has 0 amide bonds. The molecule has 1 unspecified atom stereocenters. The van der Waals surface area contributed by atoms with Gasteiger partial charge in [-0.3, -0.25) is 0 Å². The maximum atomic E-state index is 5.01. The zero-order valence-electron chi connectivity index (χ0n) is 8.81. The first-order valence-corrected chi connectivity index (χ1v) is 5.15. The Balaban J connectivity index is 1.90. The third-order valence-electron chi connectivity index (χ3n) is 2.49. The summed E-state index contributed by atoms with van der Waals surface area (Å²) in [5.41, 5.74) is 2.48. The van der Waals surface area contributed by atoms with Crippen molar-refractivity contribution < 1.29 is 4.42 Å². The van der Waals surface area contributed by atoms with E-state index in [-0.39, 0.29) is 0 Å². The van der Waals surface area contributed by atoms with Crippen molar-refractivity contribution in [1.29, 1.82) is 0 Å². The van der Waals surface area contributed by atoms with Gasteiger partial charge in [0.2, 0.25) is 0 Å². The third-order valence-corrected chi connectivity index (χ3v) is 2.49. The Morgan fingerprint density at radius 3 is 2.67 bits per heavy atom. The molecule has 78 valence electrons. The van der Waals surface area contributed by atoms with Gasteiger partial charge in [-0.1, -0.05) is 30.3 Å². The second-order valence-electron chi connectivity index (χ2n) is 3.64. The van der Waals surface area contributed by atoms with Gasteiger partial charge < -0.3 is 9.73 Å². The molecule has 0 aliphatic heterocycles. The highest BCUT2D eigenvalue weighted by Crippen LogP contribution is 2.12. The van der Waals surface area contributed by atoms with E-state index in [0.717, 1.165) is 6.54 Å². The monoisotopic (exact) mass is 201 g/mol. The highest BCUT2D eigenvalue weighted by atomic mass is 16.3. The first-order chi connectivity index (χ1) is 7.36. The van der Waals surface area contributed by atoms with Crippen LogP contribution < -0.4 is 5.32 Å². The molecule has 2 heteroatoms. The van der Waals surface area contributed by atoms with Gasteiger partial charge in [-0.2, -0.15) is 0 Å². The van der Waals surface area contributed by atoms with Gasteiger partial charge in [0.15, 0.2) is 0 Å². The van der Waals surface area contributed by atoms with Gasteiger partial charge in [0.1, 0.15) is 0 Å². The summed E-state index contributed by atoms with van der Waals surface area (Å²) in [5.74, 6) is 0. The van der Waals surface area contributed by atoms with E-state index in [1.165, 1.54) is 11.1 Å². The summed E-state index contributed by atoms with van der Waals surface area (Å²) in [6, 6.07) is 12.8. The lowest BCUT2D eigenvalue weighted by Gasteiger charge is -2.13. The average Bonchev–Trinajstić information content (AvgIpc) is 2.80. The van der Waals surface area contributed by atoms with E-state index in [1.807, 2.05) is 12.1 Å². The van der Waals surface area contributed by atoms with Crippen molar-refractivity contribution >= 4 is 0 Å². The minimum absolute atomic E-state index is 0.362. The van der Waals surface area contributed by atoms with Gasteiger partial charge in [0.05, 0.1) is 12.5 Å². The van der Waals surface area contributed by atoms with Gasteiger partial charge in [-0.25, -0.2) is 0 Å². The molecule has 2 nitrogen and oxygen atoms in total. The Bertz CT molecular complexity index is 380. The summed E-state index contributed by atoms with van der Waals surface area (Å²) in [6.07, 6.45) is 3.47. The van der Waals surface area contributed by atoms with Crippen LogP contribution in [0.15, 0.2) is 53.3 Å². The van der Waals surface area contributed by atoms with E-state index >= 15 is 0 Å². The van der Waals surface area contributed by atoms with Crippen LogP contribution in [0, 0.1) is 0 Å². The fourth-order valence-corrected chi connectivity index (χ4v) is 1.52. The number of rotatable bonds is 4. The van der Waals surface area contributed by atoms with Crippen LogP contribution >= 0.6 is 0 Å². The zero-order chi connectivity index (χ0) is 10.5. The van der Waals surface area contributed by atoms with Gasteiger partial charge in [0, 0.05) is 18.2 Å². The van der Waals surface area contributed by atoms with E-state index in [0.29, 0.717) is 6.04 Å². The molecule has 1 atom stereocenters. The van der Waals surface area contributed by atoms with Crippen LogP contribution in [0.25, 0.3) is 0 Å². The molecule has 0 aliphatic rings. The number of benzene rings is 1. The largest absolute Gasteiger partial charge is 0.472 e. The highest BCUT2D eigenvalue weighted by Gasteiger charge is 2.03. The van der Waals surface area contributed by atoms with Crippen molar-refractivity contribution in [3.63, 3.8) is 0 Å². The molecule has 1 aromatic carbocycles. The lowest BCUT2D eigenvalue weighted by molar-refractivity contribution is 0.547. The van der Waals surface area contributed by atoms with Gasteiger partial charge >= 0.3 is 0 Å². The normalized spacial score (nSPS) is 12.6. The van der Waals surface area contributed by atoms with Crippen molar-refractivity contribution in [3.05, 3.63) is 60.1 Å². The van der Waals surface area contributed by atoms with Gasteiger partial charge in [-0.05, 0) is 18.6 Å². The molecule has 0 fully saturated rings. The third kappa shape index (κ3) is 2.70. The molecular weight excluding hydrogens is 186 g/mol. The predicted octanol–water partition coefficient (Wildman–Crippen LogP) is 3.13. The van der Waals surface area contributed by atoms with E-state index in [1.54, 1.807) is 12.5 Å². The molecule has 0 spiro atoms. The Kier molecular flexibility index (Phi) is 3.20. The van der Waals surface area contributed by atoms with Crippen LogP contribution in [0.1, 0.15) is 24.1 Å². The van der Waals surface area contributed by atoms with Gasteiger partial charge in [0.25, 0.3) is 0 Å². The van der Waals surface area contributed by atoms with E-state index in [9.17, 15) is 0 Å². The summed E-state index contributed by atoms with van der Waals surface area (Å²) in [4.78, 5) is 0. The Hall–Kier alpha value is -1.54. The van der Waals surface area contributed by atoms with Crippen molar-refractivity contribution in [2.24, 2.45) is 0 Å². The minimum atomic E-state index is 0.362. The predicted molar refractivity (Wildman–Crippen MR) is 60.4 cm³/mol. The van der Waals surface area contributed by atoms with E-state index in [2.05, 4.69) is 36.5 Å². The fraction of sp³-hybridized carbons (Fsp3) is 0.231. The van der Waals surface area contributed by atoms with Crippen molar-refractivity contribution in [2.45, 2.75) is 19.5 Å². The van der Waals surface area contributed by atoms with Gasteiger partial charge in [-0.15, -0.1) is 0 Å². The van der Waals surface area contributed by atoms with Crippen LogP contribution in [0.2, 0.25) is 0 Å². The van der Waals surface area contributed by atoms with Crippen LogP contribution in [0.5, 0.6) is 0 Å². The highest BCUT2D eigenvalue weighted by molar-refractivity contribution is 5.18. The fourth-order valence-electron chi connectivity index (χ4n) is 1.52. The molecule has 1 heterocycles. The second kappa shape index (κ2) is 4.80. The molecule has 2 aromatic rings. The molecule has 2 rings (SSSR count). The number of hydrogen-bond donors (Lipinski definition) is 1. The van der Waals surface area contributed by atoms with Crippen molar-refractivity contribution in [3.8, 4) is 0 Å². The van der Waals surface area contributed by atoms with E-state index < -0.39 is 0 Å². The van der Waals surface area contributed by atoms with E-state index in [4.69, 9.17) is 4.42 Å². The molecule has 1 aromatic heterocycles. The summed E-state index contributed by atoms with van der Waals surface area (Å²) in [6.45, 7) is 3.00. The first-order valence-electron chi connectivity index (χ1n) is 5.15. The van der Waals surface area contributed by atoms with Crippen molar-refractivity contribution in [1.82, 2.24) is 5.32 Å². The quantitative estimate of drug-likeness (QED) is 0.822. The number of furan rings is 1. The topological polar surface area (TPSA) is 25.2 Å². The summed E-state index contributed by atoms with van der Waals surface area (Å²) in [7, 11) is 0. The summed E-state index contributed by atoms with van der Waals surface area (Å²) in [5, 5.41) is 3.44. The lowest BCUT2D eigenvalue weighted by Crippen LogP contribution is -2.17.